The number of anilines is 1. The number of nitriles is 1. The Kier molecular flexibility index (Phi) is 4.39. The molecule has 0 atom stereocenters. The van der Waals surface area contributed by atoms with Crippen LogP contribution in [0.2, 0.25) is 0 Å². The van der Waals surface area contributed by atoms with Gasteiger partial charge >= 0.3 is 0 Å². The first-order valence-corrected chi connectivity index (χ1v) is 6.98. The number of hydrogen-bond acceptors (Lipinski definition) is 4. The van der Waals surface area contributed by atoms with E-state index in [1.807, 2.05) is 19.1 Å². The number of pyridine rings is 1. The van der Waals surface area contributed by atoms with Crippen LogP contribution >= 0.6 is 0 Å². The molecule has 0 spiro atoms. The summed E-state index contributed by atoms with van der Waals surface area (Å²) in [6.45, 7) is 7.58. The smallest absolute Gasteiger partial charge is 0.146 e. The van der Waals surface area contributed by atoms with Gasteiger partial charge < -0.3 is 9.80 Å². The van der Waals surface area contributed by atoms with Gasteiger partial charge in [0.1, 0.15) is 11.9 Å². The minimum atomic E-state index is 0.490. The second-order valence-corrected chi connectivity index (χ2v) is 5.21. The van der Waals surface area contributed by atoms with Crippen LogP contribution < -0.4 is 4.90 Å². The normalized spacial score (nSPS) is 17.2. The molecule has 1 aliphatic heterocycles. The lowest BCUT2D eigenvalue weighted by molar-refractivity contribution is 0.220. The third kappa shape index (κ3) is 3.05. The zero-order valence-corrected chi connectivity index (χ0v) is 12.1. The second-order valence-electron chi connectivity index (χ2n) is 5.21. The van der Waals surface area contributed by atoms with Crippen LogP contribution in [-0.2, 0) is 0 Å². The highest BCUT2D eigenvalue weighted by Crippen LogP contribution is 2.23. The van der Waals surface area contributed by atoms with Crippen LogP contribution in [-0.4, -0.2) is 42.6 Å². The van der Waals surface area contributed by atoms with Crippen LogP contribution in [0, 0.1) is 18.3 Å². The molecule has 0 saturated carbocycles. The number of aromatic nitrogens is 1. The Bertz CT molecular complexity index is 470. The molecule has 2 rings (SSSR count). The van der Waals surface area contributed by atoms with E-state index in [9.17, 15) is 5.26 Å². The number of likely N-dealkylation sites (tertiary alicyclic amines) is 1. The molecular formula is C15H22N4. The van der Waals surface area contributed by atoms with E-state index < -0.39 is 0 Å². The van der Waals surface area contributed by atoms with Crippen molar-refractivity contribution in [2.24, 2.45) is 0 Å². The summed E-state index contributed by atoms with van der Waals surface area (Å²) < 4.78 is 0. The number of rotatable bonds is 3. The fourth-order valence-electron chi connectivity index (χ4n) is 2.69. The first kappa shape index (κ1) is 13.8. The van der Waals surface area contributed by atoms with E-state index in [1.165, 1.54) is 0 Å². The van der Waals surface area contributed by atoms with Crippen molar-refractivity contribution in [3.63, 3.8) is 0 Å². The Morgan fingerprint density at radius 1 is 1.42 bits per heavy atom. The third-order valence-corrected chi connectivity index (χ3v) is 4.02. The summed E-state index contributed by atoms with van der Waals surface area (Å²) in [5.41, 5.74) is 1.64. The summed E-state index contributed by atoms with van der Waals surface area (Å²) in [7, 11) is 2.06. The first-order chi connectivity index (χ1) is 9.15. The fraction of sp³-hybridized carbons (Fsp3) is 0.600. The summed E-state index contributed by atoms with van der Waals surface area (Å²) >= 11 is 0. The van der Waals surface area contributed by atoms with Gasteiger partial charge in [0.15, 0.2) is 0 Å². The van der Waals surface area contributed by atoms with E-state index in [-0.39, 0.29) is 0 Å². The largest absolute Gasteiger partial charge is 0.355 e. The number of nitrogens with zero attached hydrogens (tertiary/aromatic N) is 4. The molecule has 19 heavy (non-hydrogen) atoms. The summed E-state index contributed by atoms with van der Waals surface area (Å²) in [5.74, 6) is 0.831. The van der Waals surface area contributed by atoms with E-state index in [2.05, 4.69) is 34.8 Å². The summed E-state index contributed by atoms with van der Waals surface area (Å²) in [5, 5.41) is 9.21. The van der Waals surface area contributed by atoms with Crippen molar-refractivity contribution in [2.45, 2.75) is 32.7 Å². The van der Waals surface area contributed by atoms with Crippen molar-refractivity contribution in [1.82, 2.24) is 9.88 Å². The van der Waals surface area contributed by atoms with E-state index >= 15 is 0 Å². The molecule has 0 N–H and O–H groups in total. The van der Waals surface area contributed by atoms with Crippen LogP contribution in [0.1, 0.15) is 31.0 Å². The van der Waals surface area contributed by atoms with E-state index in [0.717, 1.165) is 44.0 Å². The number of piperidine rings is 1. The zero-order valence-electron chi connectivity index (χ0n) is 12.1. The molecule has 0 aliphatic carbocycles. The van der Waals surface area contributed by atoms with E-state index in [1.54, 1.807) is 0 Å². The van der Waals surface area contributed by atoms with Gasteiger partial charge in [-0.15, -0.1) is 0 Å². The van der Waals surface area contributed by atoms with Crippen LogP contribution in [0.25, 0.3) is 0 Å². The van der Waals surface area contributed by atoms with Crippen molar-refractivity contribution in [2.75, 3.05) is 31.6 Å². The van der Waals surface area contributed by atoms with Crippen molar-refractivity contribution in [1.29, 1.82) is 5.26 Å². The Morgan fingerprint density at radius 3 is 2.68 bits per heavy atom. The molecule has 4 heteroatoms. The van der Waals surface area contributed by atoms with Crippen LogP contribution in [0.4, 0.5) is 5.82 Å². The van der Waals surface area contributed by atoms with Gasteiger partial charge in [-0.3, -0.25) is 0 Å². The fourth-order valence-corrected chi connectivity index (χ4v) is 2.69. The molecule has 4 nitrogen and oxygen atoms in total. The van der Waals surface area contributed by atoms with Gasteiger partial charge in [0.25, 0.3) is 0 Å². The lowest BCUT2D eigenvalue weighted by Gasteiger charge is -2.37. The maximum Gasteiger partial charge on any atom is 0.146 e. The monoisotopic (exact) mass is 258 g/mol. The minimum Gasteiger partial charge on any atom is -0.355 e. The SMILES string of the molecule is CCN1CCC(N(C)c2nc(C)ccc2C#N)CC1. The van der Waals surface area contributed by atoms with Crippen molar-refractivity contribution in [3.05, 3.63) is 23.4 Å². The van der Waals surface area contributed by atoms with Gasteiger partial charge in [-0.2, -0.15) is 5.26 Å². The van der Waals surface area contributed by atoms with Gasteiger partial charge in [0.05, 0.1) is 5.56 Å². The summed E-state index contributed by atoms with van der Waals surface area (Å²) in [6.07, 6.45) is 2.29. The second kappa shape index (κ2) is 6.03. The average Bonchev–Trinajstić information content (AvgIpc) is 2.46. The molecule has 102 valence electrons. The molecule has 0 bridgehead atoms. The van der Waals surface area contributed by atoms with Gasteiger partial charge in [0.2, 0.25) is 0 Å². The van der Waals surface area contributed by atoms with E-state index in [4.69, 9.17) is 0 Å². The maximum absolute atomic E-state index is 9.21. The van der Waals surface area contributed by atoms with Crippen LogP contribution in [0.3, 0.4) is 0 Å². The lowest BCUT2D eigenvalue weighted by Crippen LogP contribution is -2.43. The molecule has 1 aliphatic rings. The van der Waals surface area contributed by atoms with Crippen molar-refractivity contribution in [3.8, 4) is 6.07 Å². The topological polar surface area (TPSA) is 43.2 Å². The van der Waals surface area contributed by atoms with E-state index in [0.29, 0.717) is 11.6 Å². The highest BCUT2D eigenvalue weighted by Gasteiger charge is 2.23. The first-order valence-electron chi connectivity index (χ1n) is 6.98. The predicted octanol–water partition coefficient (Wildman–Crippen LogP) is 2.18. The van der Waals surface area contributed by atoms with Crippen LogP contribution in [0.15, 0.2) is 12.1 Å². The molecule has 1 aromatic heterocycles. The molecule has 0 amide bonds. The lowest BCUT2D eigenvalue weighted by atomic mass is 10.0. The van der Waals surface area contributed by atoms with Crippen LogP contribution in [0.5, 0.6) is 0 Å². The highest BCUT2D eigenvalue weighted by atomic mass is 15.2. The van der Waals surface area contributed by atoms with Crippen molar-refractivity contribution < 1.29 is 0 Å². The Morgan fingerprint density at radius 2 is 2.11 bits per heavy atom. The summed E-state index contributed by atoms with van der Waals surface area (Å²) in [6, 6.07) is 6.51. The number of aryl methyl sites for hydroxylation is 1. The Balaban J connectivity index is 2.14. The molecule has 1 saturated heterocycles. The standard InChI is InChI=1S/C15H22N4/c1-4-19-9-7-14(8-10-19)18(3)15-13(11-16)6-5-12(2)17-15/h5-6,14H,4,7-10H2,1-3H3. The van der Waals surface area contributed by atoms with Gasteiger partial charge in [-0.1, -0.05) is 6.92 Å². The quantitative estimate of drug-likeness (QED) is 0.833. The highest BCUT2D eigenvalue weighted by molar-refractivity contribution is 5.54. The summed E-state index contributed by atoms with van der Waals surface area (Å²) in [4.78, 5) is 9.21. The molecule has 0 aromatic carbocycles. The Labute approximate surface area is 115 Å². The van der Waals surface area contributed by atoms with Crippen molar-refractivity contribution >= 4 is 5.82 Å². The molecule has 0 radical (unpaired) electrons. The Hall–Kier alpha value is -1.60. The van der Waals surface area contributed by atoms with Gasteiger partial charge in [-0.25, -0.2) is 4.98 Å². The van der Waals surface area contributed by atoms with Gasteiger partial charge in [-0.05, 0) is 38.4 Å². The minimum absolute atomic E-state index is 0.490. The zero-order chi connectivity index (χ0) is 13.8. The molecule has 1 aromatic rings. The third-order valence-electron chi connectivity index (χ3n) is 4.02. The molecule has 1 fully saturated rings. The predicted molar refractivity (Wildman–Crippen MR) is 77.2 cm³/mol. The molecule has 0 unspecified atom stereocenters. The van der Waals surface area contributed by atoms with Gasteiger partial charge in [0, 0.05) is 31.9 Å². The molecule has 2 heterocycles. The number of hydrogen-bond donors (Lipinski definition) is 0. The molecular weight excluding hydrogens is 236 g/mol. The average molecular weight is 258 g/mol. The maximum atomic E-state index is 9.21.